The number of hydrogen-bond donors (Lipinski definition) is 1. The normalized spacial score (nSPS) is 17.8. The number of nitrogens with one attached hydrogen (secondary N) is 1. The molecular formula is C22H29N3O2S. The molecule has 1 N–H and O–H groups in total. The average Bonchev–Trinajstić information content (AvgIpc) is 3.17. The van der Waals surface area contributed by atoms with Crippen molar-refractivity contribution < 1.29 is 9.59 Å². The molecule has 0 spiro atoms. The third kappa shape index (κ3) is 4.50. The van der Waals surface area contributed by atoms with Gasteiger partial charge in [0.2, 0.25) is 0 Å². The molecule has 1 aliphatic rings. The predicted octanol–water partition coefficient (Wildman–Crippen LogP) is 3.79. The van der Waals surface area contributed by atoms with Crippen molar-refractivity contribution in [1.82, 2.24) is 15.2 Å². The molecule has 0 radical (unpaired) electrons. The van der Waals surface area contributed by atoms with Gasteiger partial charge in [-0.2, -0.15) is 0 Å². The van der Waals surface area contributed by atoms with Crippen LogP contribution in [-0.2, 0) is 16.8 Å². The van der Waals surface area contributed by atoms with Crippen LogP contribution in [0.5, 0.6) is 0 Å². The van der Waals surface area contributed by atoms with E-state index in [2.05, 4.69) is 27.3 Å². The van der Waals surface area contributed by atoms with Crippen molar-refractivity contribution in [2.75, 3.05) is 13.1 Å². The van der Waals surface area contributed by atoms with E-state index >= 15 is 0 Å². The van der Waals surface area contributed by atoms with Gasteiger partial charge in [0.05, 0.1) is 12.0 Å². The quantitative estimate of drug-likeness (QED) is 0.769. The Hall–Kier alpha value is -2.05. The van der Waals surface area contributed by atoms with Crippen LogP contribution in [0.4, 0.5) is 0 Å². The van der Waals surface area contributed by atoms with Gasteiger partial charge in [-0.25, -0.2) is 4.98 Å². The second kappa shape index (κ2) is 8.97. The first kappa shape index (κ1) is 20.7. The van der Waals surface area contributed by atoms with Crippen LogP contribution in [0.3, 0.4) is 0 Å². The molecule has 0 saturated carbocycles. The zero-order valence-corrected chi connectivity index (χ0v) is 17.7. The summed E-state index contributed by atoms with van der Waals surface area (Å²) >= 11 is 1.53. The maximum Gasteiger partial charge on any atom is 0.270 e. The first-order valence-corrected chi connectivity index (χ1v) is 10.9. The average molecular weight is 400 g/mol. The molecule has 5 nitrogen and oxygen atoms in total. The van der Waals surface area contributed by atoms with Crippen LogP contribution in [0.15, 0.2) is 35.7 Å². The van der Waals surface area contributed by atoms with Gasteiger partial charge >= 0.3 is 0 Å². The summed E-state index contributed by atoms with van der Waals surface area (Å²) < 4.78 is 0. The molecule has 150 valence electrons. The van der Waals surface area contributed by atoms with E-state index in [1.165, 1.54) is 11.3 Å². The van der Waals surface area contributed by atoms with Crippen molar-refractivity contribution in [2.45, 2.75) is 58.0 Å². The number of piperidine rings is 1. The van der Waals surface area contributed by atoms with E-state index in [4.69, 9.17) is 0 Å². The molecule has 1 aromatic carbocycles. The van der Waals surface area contributed by atoms with E-state index in [1.807, 2.05) is 37.4 Å². The molecule has 2 heterocycles. The summed E-state index contributed by atoms with van der Waals surface area (Å²) in [6.07, 6.45) is 2.54. The van der Waals surface area contributed by atoms with Gasteiger partial charge in [0.1, 0.15) is 16.5 Å². The topological polar surface area (TPSA) is 62.3 Å². The number of nitrogens with zero attached hydrogens (tertiary/aromatic N) is 2. The van der Waals surface area contributed by atoms with Gasteiger partial charge in [-0.05, 0) is 51.8 Å². The molecule has 0 bridgehead atoms. The number of carbonyl (C=O) groups excluding carboxylic acids is 2. The van der Waals surface area contributed by atoms with Gasteiger partial charge in [-0.15, -0.1) is 11.3 Å². The summed E-state index contributed by atoms with van der Waals surface area (Å²) in [6, 6.07) is 10.3. The molecule has 1 amide bonds. The minimum absolute atomic E-state index is 0.102. The number of benzene rings is 1. The summed E-state index contributed by atoms with van der Waals surface area (Å²) in [7, 11) is 0. The van der Waals surface area contributed by atoms with Crippen molar-refractivity contribution in [3.63, 3.8) is 0 Å². The predicted molar refractivity (Wildman–Crippen MR) is 113 cm³/mol. The molecule has 28 heavy (non-hydrogen) atoms. The number of carbonyl (C=O) groups is 2. The lowest BCUT2D eigenvalue weighted by molar-refractivity contribution is -0.124. The Morgan fingerprint density at radius 3 is 2.54 bits per heavy atom. The minimum Gasteiger partial charge on any atom is -0.348 e. The molecule has 6 heteroatoms. The lowest BCUT2D eigenvalue weighted by Crippen LogP contribution is -2.46. The highest BCUT2D eigenvalue weighted by Gasteiger charge is 2.40. The molecule has 3 rings (SSSR count). The van der Waals surface area contributed by atoms with E-state index in [0.717, 1.165) is 49.5 Å². The van der Waals surface area contributed by atoms with E-state index in [0.29, 0.717) is 5.69 Å². The van der Waals surface area contributed by atoms with Crippen LogP contribution in [0, 0.1) is 0 Å². The van der Waals surface area contributed by atoms with Crippen LogP contribution >= 0.6 is 11.3 Å². The van der Waals surface area contributed by atoms with Crippen LogP contribution in [0.25, 0.3) is 0 Å². The molecule has 1 saturated heterocycles. The second-order valence-corrected chi connectivity index (χ2v) is 8.63. The Labute approximate surface area is 171 Å². The summed E-state index contributed by atoms with van der Waals surface area (Å²) in [5.41, 5.74) is 1.25. The number of ketones is 1. The number of thiazole rings is 1. The van der Waals surface area contributed by atoms with Gasteiger partial charge in [0.25, 0.3) is 5.91 Å². The van der Waals surface area contributed by atoms with E-state index in [9.17, 15) is 9.59 Å². The SMILES string of the molecule is CC[C@H](C)NC(=O)c1csc(CN2CCC(C(C)=O)(c3ccccc3)CC2)n1. The molecular weight excluding hydrogens is 370 g/mol. The number of aromatic nitrogens is 1. The van der Waals surface area contributed by atoms with Crippen molar-refractivity contribution in [3.8, 4) is 0 Å². The fourth-order valence-corrected chi connectivity index (χ4v) is 4.59. The molecule has 1 aromatic heterocycles. The molecule has 0 aliphatic carbocycles. The Balaban J connectivity index is 1.61. The summed E-state index contributed by atoms with van der Waals surface area (Å²) in [6.45, 7) is 8.18. The standard InChI is InChI=1S/C22H29N3O2S/c1-4-16(2)23-21(27)19-15-28-20(24-19)14-25-12-10-22(11-13-25,17(3)26)18-8-6-5-7-9-18/h5-9,15-16H,4,10-14H2,1-3H3,(H,23,27)/t16-/m0/s1. The van der Waals surface area contributed by atoms with Crippen molar-refractivity contribution in [3.05, 3.63) is 52.0 Å². The minimum atomic E-state index is -0.373. The van der Waals surface area contributed by atoms with Gasteiger partial charge in [0, 0.05) is 11.4 Å². The van der Waals surface area contributed by atoms with Crippen LogP contribution in [0.1, 0.15) is 61.1 Å². The first-order chi connectivity index (χ1) is 13.4. The van der Waals surface area contributed by atoms with E-state index < -0.39 is 0 Å². The van der Waals surface area contributed by atoms with Crippen molar-refractivity contribution >= 4 is 23.0 Å². The molecule has 2 aromatic rings. The van der Waals surface area contributed by atoms with Crippen LogP contribution < -0.4 is 5.32 Å². The zero-order valence-electron chi connectivity index (χ0n) is 16.9. The van der Waals surface area contributed by atoms with Crippen molar-refractivity contribution in [1.29, 1.82) is 0 Å². The van der Waals surface area contributed by atoms with Gasteiger partial charge in [-0.1, -0.05) is 37.3 Å². The van der Waals surface area contributed by atoms with E-state index in [-0.39, 0.29) is 23.1 Å². The highest BCUT2D eigenvalue weighted by molar-refractivity contribution is 7.09. The maximum absolute atomic E-state index is 12.5. The maximum atomic E-state index is 12.5. The molecule has 1 atom stereocenters. The summed E-state index contributed by atoms with van der Waals surface area (Å²) in [5, 5.41) is 5.74. The Morgan fingerprint density at radius 1 is 1.25 bits per heavy atom. The Bertz CT molecular complexity index is 810. The van der Waals surface area contributed by atoms with Crippen LogP contribution in [0.2, 0.25) is 0 Å². The monoisotopic (exact) mass is 399 g/mol. The highest BCUT2D eigenvalue weighted by Crippen LogP contribution is 2.36. The number of Topliss-reactive ketones (excluding diaryl/α,β-unsaturated/α-hetero) is 1. The van der Waals surface area contributed by atoms with Gasteiger partial charge < -0.3 is 5.32 Å². The number of hydrogen-bond acceptors (Lipinski definition) is 5. The van der Waals surface area contributed by atoms with Crippen molar-refractivity contribution in [2.24, 2.45) is 0 Å². The highest BCUT2D eigenvalue weighted by atomic mass is 32.1. The summed E-state index contributed by atoms with van der Waals surface area (Å²) in [5.74, 6) is 0.145. The zero-order chi connectivity index (χ0) is 20.1. The Kier molecular flexibility index (Phi) is 6.62. The molecule has 1 aliphatic heterocycles. The number of rotatable bonds is 7. The smallest absolute Gasteiger partial charge is 0.270 e. The fraction of sp³-hybridized carbons (Fsp3) is 0.500. The lowest BCUT2D eigenvalue weighted by Gasteiger charge is -2.40. The second-order valence-electron chi connectivity index (χ2n) is 7.69. The summed E-state index contributed by atoms with van der Waals surface area (Å²) in [4.78, 5) is 31.6. The van der Waals surface area contributed by atoms with Gasteiger partial charge in [-0.3, -0.25) is 14.5 Å². The van der Waals surface area contributed by atoms with E-state index in [1.54, 1.807) is 6.92 Å². The largest absolute Gasteiger partial charge is 0.348 e. The first-order valence-electron chi connectivity index (χ1n) is 9.99. The fourth-order valence-electron chi connectivity index (χ4n) is 3.77. The number of likely N-dealkylation sites (tertiary alicyclic amines) is 1. The third-order valence-electron chi connectivity index (χ3n) is 5.84. The lowest BCUT2D eigenvalue weighted by atomic mass is 9.70. The molecule has 1 fully saturated rings. The van der Waals surface area contributed by atoms with Crippen LogP contribution in [-0.4, -0.2) is 40.7 Å². The van der Waals surface area contributed by atoms with Gasteiger partial charge in [0.15, 0.2) is 0 Å². The molecule has 0 unspecified atom stereocenters. The third-order valence-corrected chi connectivity index (χ3v) is 6.68. The number of amides is 1. The Morgan fingerprint density at radius 2 is 1.93 bits per heavy atom.